The summed E-state index contributed by atoms with van der Waals surface area (Å²) in [5.74, 6) is 1.30. The van der Waals surface area contributed by atoms with E-state index in [9.17, 15) is 9.59 Å². The van der Waals surface area contributed by atoms with E-state index in [1.54, 1.807) is 12.0 Å². The van der Waals surface area contributed by atoms with Crippen LogP contribution in [-0.2, 0) is 4.79 Å². The molecule has 0 aromatic heterocycles. The fourth-order valence-corrected chi connectivity index (χ4v) is 3.86. The maximum absolute atomic E-state index is 12.4. The van der Waals surface area contributed by atoms with E-state index in [2.05, 4.69) is 16.3 Å². The van der Waals surface area contributed by atoms with Crippen LogP contribution in [0.15, 0.2) is 24.3 Å². The number of hydrogen-bond acceptors (Lipinski definition) is 4. The highest BCUT2D eigenvalue weighted by Gasteiger charge is 2.30. The van der Waals surface area contributed by atoms with Gasteiger partial charge in [0.2, 0.25) is 5.91 Å². The van der Waals surface area contributed by atoms with Gasteiger partial charge < -0.3 is 24.8 Å². The Morgan fingerprint density at radius 2 is 2.04 bits per heavy atom. The second-order valence-corrected chi connectivity index (χ2v) is 7.56. The van der Waals surface area contributed by atoms with Gasteiger partial charge >= 0.3 is 6.03 Å². The zero-order chi connectivity index (χ0) is 19.4. The Bertz CT molecular complexity index is 679. The third-order valence-electron chi connectivity index (χ3n) is 5.42. The van der Waals surface area contributed by atoms with Crippen molar-refractivity contribution in [3.63, 3.8) is 0 Å². The number of urea groups is 1. The average Bonchev–Trinajstić information content (AvgIpc) is 3.14. The third kappa shape index (κ3) is 4.46. The molecule has 1 aromatic rings. The van der Waals surface area contributed by atoms with Crippen LogP contribution in [0.3, 0.4) is 0 Å². The molecule has 148 valence electrons. The Hall–Kier alpha value is -2.44. The predicted octanol–water partition coefficient (Wildman–Crippen LogP) is 1.78. The Labute approximate surface area is 161 Å². The number of nitrogens with zero attached hydrogens (tertiary/aromatic N) is 3. The zero-order valence-corrected chi connectivity index (χ0v) is 16.5. The zero-order valence-electron chi connectivity index (χ0n) is 16.5. The molecular weight excluding hydrogens is 344 g/mol. The Morgan fingerprint density at radius 1 is 1.26 bits per heavy atom. The number of benzene rings is 1. The van der Waals surface area contributed by atoms with E-state index < -0.39 is 0 Å². The molecule has 27 heavy (non-hydrogen) atoms. The Kier molecular flexibility index (Phi) is 6.08. The first-order chi connectivity index (χ1) is 13.0. The monoisotopic (exact) mass is 374 g/mol. The van der Waals surface area contributed by atoms with Gasteiger partial charge in [0.15, 0.2) is 0 Å². The molecule has 2 aliphatic rings. The molecule has 0 saturated carbocycles. The van der Waals surface area contributed by atoms with Crippen molar-refractivity contribution in [3.05, 3.63) is 24.3 Å². The molecule has 1 aromatic carbocycles. The van der Waals surface area contributed by atoms with Crippen molar-refractivity contribution >= 4 is 17.6 Å². The van der Waals surface area contributed by atoms with E-state index in [0.717, 1.165) is 30.9 Å². The SMILES string of the molecule is COc1ccccc1N1CCC(CNC(=O)N2CCN(C(C)C)C(=O)C2)C1. The van der Waals surface area contributed by atoms with Crippen molar-refractivity contribution in [2.24, 2.45) is 5.92 Å². The molecule has 1 N–H and O–H groups in total. The molecular formula is C20H30N4O3. The van der Waals surface area contributed by atoms with Gasteiger partial charge in [0, 0.05) is 38.8 Å². The fraction of sp³-hybridized carbons (Fsp3) is 0.600. The largest absolute Gasteiger partial charge is 0.495 e. The van der Waals surface area contributed by atoms with Crippen molar-refractivity contribution in [2.45, 2.75) is 26.3 Å². The standard InChI is InChI=1S/C20H30N4O3/c1-15(2)24-11-10-23(14-19(24)25)20(26)21-12-16-8-9-22(13-16)17-6-4-5-7-18(17)27-3/h4-7,15-16H,8-14H2,1-3H3,(H,21,26). The minimum absolute atomic E-state index is 0.0228. The molecule has 1 atom stereocenters. The first-order valence-corrected chi connectivity index (χ1v) is 9.69. The number of rotatable bonds is 5. The number of methoxy groups -OCH3 is 1. The summed E-state index contributed by atoms with van der Waals surface area (Å²) in [6.45, 7) is 7.84. The van der Waals surface area contributed by atoms with Gasteiger partial charge in [-0.1, -0.05) is 12.1 Å². The van der Waals surface area contributed by atoms with E-state index in [-0.39, 0.29) is 24.5 Å². The molecule has 7 heteroatoms. The van der Waals surface area contributed by atoms with Gasteiger partial charge in [0.25, 0.3) is 0 Å². The van der Waals surface area contributed by atoms with E-state index in [0.29, 0.717) is 25.6 Å². The molecule has 2 aliphatic heterocycles. The van der Waals surface area contributed by atoms with Gasteiger partial charge in [-0.2, -0.15) is 0 Å². The molecule has 7 nitrogen and oxygen atoms in total. The molecule has 3 rings (SSSR count). The second kappa shape index (κ2) is 8.50. The van der Waals surface area contributed by atoms with Gasteiger partial charge in [-0.05, 0) is 38.3 Å². The number of carbonyl (C=O) groups excluding carboxylic acids is 2. The number of para-hydroxylation sites is 2. The van der Waals surface area contributed by atoms with Crippen molar-refractivity contribution in [3.8, 4) is 5.75 Å². The van der Waals surface area contributed by atoms with Crippen molar-refractivity contribution in [1.82, 2.24) is 15.1 Å². The van der Waals surface area contributed by atoms with Crippen LogP contribution in [0, 0.1) is 5.92 Å². The molecule has 0 spiro atoms. The smallest absolute Gasteiger partial charge is 0.317 e. The highest BCUT2D eigenvalue weighted by atomic mass is 16.5. The summed E-state index contributed by atoms with van der Waals surface area (Å²) >= 11 is 0. The minimum atomic E-state index is -0.137. The first kappa shape index (κ1) is 19.3. The maximum Gasteiger partial charge on any atom is 0.317 e. The Morgan fingerprint density at radius 3 is 2.74 bits per heavy atom. The van der Waals surface area contributed by atoms with Gasteiger partial charge in [0.05, 0.1) is 12.8 Å². The quantitative estimate of drug-likeness (QED) is 0.853. The molecule has 2 saturated heterocycles. The van der Waals surface area contributed by atoms with Crippen LogP contribution in [0.5, 0.6) is 5.75 Å². The number of ether oxygens (including phenoxy) is 1. The van der Waals surface area contributed by atoms with Crippen LogP contribution < -0.4 is 15.0 Å². The molecule has 2 heterocycles. The maximum atomic E-state index is 12.4. The highest BCUT2D eigenvalue weighted by molar-refractivity contribution is 5.85. The number of carbonyl (C=O) groups is 2. The molecule has 0 radical (unpaired) electrons. The second-order valence-electron chi connectivity index (χ2n) is 7.56. The lowest BCUT2D eigenvalue weighted by Crippen LogP contribution is -2.56. The lowest BCUT2D eigenvalue weighted by Gasteiger charge is -2.36. The van der Waals surface area contributed by atoms with E-state index in [1.807, 2.05) is 36.9 Å². The van der Waals surface area contributed by atoms with E-state index in [1.165, 1.54) is 0 Å². The molecule has 0 bridgehead atoms. The fourth-order valence-electron chi connectivity index (χ4n) is 3.86. The molecule has 1 unspecified atom stereocenters. The predicted molar refractivity (Wildman–Crippen MR) is 105 cm³/mol. The number of hydrogen-bond donors (Lipinski definition) is 1. The first-order valence-electron chi connectivity index (χ1n) is 9.69. The highest BCUT2D eigenvalue weighted by Crippen LogP contribution is 2.31. The summed E-state index contributed by atoms with van der Waals surface area (Å²) in [7, 11) is 1.69. The van der Waals surface area contributed by atoms with E-state index in [4.69, 9.17) is 4.74 Å². The van der Waals surface area contributed by atoms with Gasteiger partial charge in [-0.15, -0.1) is 0 Å². The minimum Gasteiger partial charge on any atom is -0.495 e. The van der Waals surface area contributed by atoms with Gasteiger partial charge in [-0.25, -0.2) is 4.79 Å². The number of nitrogens with one attached hydrogen (secondary N) is 1. The average molecular weight is 374 g/mol. The number of amides is 3. The lowest BCUT2D eigenvalue weighted by atomic mass is 10.1. The van der Waals surface area contributed by atoms with Gasteiger partial charge in [0.1, 0.15) is 12.3 Å². The van der Waals surface area contributed by atoms with Crippen LogP contribution in [-0.4, -0.2) is 74.2 Å². The molecule has 2 fully saturated rings. The normalized spacial score (nSPS) is 20.4. The Balaban J connectivity index is 1.47. The van der Waals surface area contributed by atoms with E-state index >= 15 is 0 Å². The van der Waals surface area contributed by atoms with Crippen molar-refractivity contribution < 1.29 is 14.3 Å². The van der Waals surface area contributed by atoms with Gasteiger partial charge in [-0.3, -0.25) is 4.79 Å². The lowest BCUT2D eigenvalue weighted by molar-refractivity contribution is -0.136. The summed E-state index contributed by atoms with van der Waals surface area (Å²) in [5, 5.41) is 3.02. The topological polar surface area (TPSA) is 65.1 Å². The van der Waals surface area contributed by atoms with Crippen LogP contribution in [0.25, 0.3) is 0 Å². The summed E-state index contributed by atoms with van der Waals surface area (Å²) in [6, 6.07) is 8.07. The molecule has 3 amide bonds. The van der Waals surface area contributed by atoms with Crippen molar-refractivity contribution in [2.75, 3.05) is 51.3 Å². The summed E-state index contributed by atoms with van der Waals surface area (Å²) < 4.78 is 5.45. The summed E-state index contributed by atoms with van der Waals surface area (Å²) in [6.07, 6.45) is 1.03. The van der Waals surface area contributed by atoms with Crippen LogP contribution >= 0.6 is 0 Å². The van der Waals surface area contributed by atoms with Crippen molar-refractivity contribution in [1.29, 1.82) is 0 Å². The summed E-state index contributed by atoms with van der Waals surface area (Å²) in [5.41, 5.74) is 1.10. The van der Waals surface area contributed by atoms with Crippen LogP contribution in [0.1, 0.15) is 20.3 Å². The van der Waals surface area contributed by atoms with Crippen LogP contribution in [0.4, 0.5) is 10.5 Å². The third-order valence-corrected chi connectivity index (χ3v) is 5.42. The number of anilines is 1. The number of piperazine rings is 1. The summed E-state index contributed by atoms with van der Waals surface area (Å²) in [4.78, 5) is 30.3. The molecule has 0 aliphatic carbocycles. The van der Waals surface area contributed by atoms with Crippen LogP contribution in [0.2, 0.25) is 0 Å².